The number of aromatic nitrogens is 2. The zero-order valence-electron chi connectivity index (χ0n) is 14.2. The van der Waals surface area contributed by atoms with E-state index < -0.39 is 11.5 Å². The van der Waals surface area contributed by atoms with Gasteiger partial charge in [-0.1, -0.05) is 17.7 Å². The summed E-state index contributed by atoms with van der Waals surface area (Å²) in [5, 5.41) is 16.7. The van der Waals surface area contributed by atoms with Crippen molar-refractivity contribution in [3.63, 3.8) is 0 Å². The van der Waals surface area contributed by atoms with Crippen molar-refractivity contribution in [2.45, 2.75) is 51.0 Å². The smallest absolute Gasteiger partial charge is 0.329 e. The van der Waals surface area contributed by atoms with E-state index in [0.717, 1.165) is 42.6 Å². The molecule has 1 aromatic heterocycles. The summed E-state index contributed by atoms with van der Waals surface area (Å²) in [6.45, 7) is 2.03. The van der Waals surface area contributed by atoms with Crippen LogP contribution in [0.4, 0.5) is 0 Å². The van der Waals surface area contributed by atoms with Gasteiger partial charge >= 0.3 is 5.97 Å². The number of nitrogens with one attached hydrogen (secondary N) is 1. The predicted molar refractivity (Wildman–Crippen MR) is 92.0 cm³/mol. The molecule has 0 aliphatic heterocycles. The summed E-state index contributed by atoms with van der Waals surface area (Å²) in [7, 11) is 0. The van der Waals surface area contributed by atoms with E-state index in [0.29, 0.717) is 18.5 Å². The molecule has 4 rings (SSSR count). The van der Waals surface area contributed by atoms with E-state index >= 15 is 0 Å². The van der Waals surface area contributed by atoms with Crippen LogP contribution in [0.1, 0.15) is 53.0 Å². The highest BCUT2D eigenvalue weighted by Gasteiger charge is 2.46. The monoisotopic (exact) mass is 339 g/mol. The maximum atomic E-state index is 12.8. The molecule has 0 saturated heterocycles. The lowest BCUT2D eigenvalue weighted by Gasteiger charge is -2.38. The van der Waals surface area contributed by atoms with Crippen LogP contribution in [0.15, 0.2) is 24.3 Å². The van der Waals surface area contributed by atoms with Crippen molar-refractivity contribution in [3.05, 3.63) is 46.8 Å². The van der Waals surface area contributed by atoms with Crippen LogP contribution in [-0.2, 0) is 17.6 Å². The largest absolute Gasteiger partial charge is 0.480 e. The van der Waals surface area contributed by atoms with Crippen LogP contribution in [0.25, 0.3) is 5.69 Å². The maximum absolute atomic E-state index is 12.8. The van der Waals surface area contributed by atoms with E-state index in [1.165, 1.54) is 5.56 Å². The van der Waals surface area contributed by atoms with Gasteiger partial charge in [-0.2, -0.15) is 5.10 Å². The summed E-state index contributed by atoms with van der Waals surface area (Å²) in [6.07, 6.45) is 4.47. The Balaban J connectivity index is 1.69. The van der Waals surface area contributed by atoms with Crippen LogP contribution < -0.4 is 5.32 Å². The number of carboxylic acid groups (broad SMARTS) is 1. The first kappa shape index (κ1) is 15.9. The average molecular weight is 339 g/mol. The van der Waals surface area contributed by atoms with Crippen LogP contribution in [-0.4, -0.2) is 32.3 Å². The molecule has 2 aromatic rings. The number of rotatable bonds is 4. The molecule has 1 fully saturated rings. The van der Waals surface area contributed by atoms with Gasteiger partial charge in [-0.15, -0.1) is 0 Å². The number of aryl methyl sites for hydroxylation is 1. The first-order valence-corrected chi connectivity index (χ1v) is 8.74. The zero-order chi connectivity index (χ0) is 17.6. The summed E-state index contributed by atoms with van der Waals surface area (Å²) < 4.78 is 1.84. The van der Waals surface area contributed by atoms with Gasteiger partial charge in [-0.3, -0.25) is 4.79 Å². The Bertz CT molecular complexity index is 848. The number of fused-ring (bicyclic) bond motifs is 1. The molecule has 6 heteroatoms. The molecule has 2 aliphatic rings. The lowest BCUT2D eigenvalue weighted by Crippen LogP contribution is -2.59. The molecule has 1 amide bonds. The van der Waals surface area contributed by atoms with Crippen LogP contribution in [0.3, 0.4) is 0 Å². The fraction of sp³-hybridized carbons (Fsp3) is 0.421. The van der Waals surface area contributed by atoms with E-state index in [-0.39, 0.29) is 5.91 Å². The summed E-state index contributed by atoms with van der Waals surface area (Å²) in [4.78, 5) is 24.3. The van der Waals surface area contributed by atoms with Crippen molar-refractivity contribution in [2.24, 2.45) is 0 Å². The first-order chi connectivity index (χ1) is 12.0. The number of carbonyl (C=O) groups excluding carboxylic acids is 1. The average Bonchev–Trinajstić information content (AvgIpc) is 3.13. The highest BCUT2D eigenvalue weighted by molar-refractivity contribution is 5.98. The van der Waals surface area contributed by atoms with Crippen molar-refractivity contribution in [1.29, 1.82) is 0 Å². The molecule has 0 radical (unpaired) electrons. The molecule has 0 unspecified atom stereocenters. The predicted octanol–water partition coefficient (Wildman–Crippen LogP) is 2.41. The molecule has 1 heterocycles. The van der Waals surface area contributed by atoms with Gasteiger partial charge in [0.2, 0.25) is 0 Å². The Morgan fingerprint density at radius 2 is 1.88 bits per heavy atom. The van der Waals surface area contributed by atoms with E-state index in [1.807, 2.05) is 35.9 Å². The highest BCUT2D eigenvalue weighted by Crippen LogP contribution is 2.33. The molecular weight excluding hydrogens is 318 g/mol. The lowest BCUT2D eigenvalue weighted by molar-refractivity contribution is -0.148. The first-order valence-electron chi connectivity index (χ1n) is 8.74. The molecule has 2 N–H and O–H groups in total. The highest BCUT2D eigenvalue weighted by atomic mass is 16.4. The van der Waals surface area contributed by atoms with E-state index in [9.17, 15) is 14.7 Å². The Kier molecular flexibility index (Phi) is 3.63. The number of nitrogens with zero attached hydrogens (tertiary/aromatic N) is 2. The molecular formula is C19H21N3O3. The number of carbonyl (C=O) groups is 2. The Hall–Kier alpha value is -2.63. The molecule has 0 atom stereocenters. The van der Waals surface area contributed by atoms with Gasteiger partial charge in [0.05, 0.1) is 5.69 Å². The third-order valence-corrected chi connectivity index (χ3v) is 5.39. The maximum Gasteiger partial charge on any atom is 0.329 e. The molecule has 0 spiro atoms. The van der Waals surface area contributed by atoms with Gasteiger partial charge < -0.3 is 10.4 Å². The Morgan fingerprint density at radius 3 is 2.48 bits per heavy atom. The van der Waals surface area contributed by atoms with Gasteiger partial charge in [0.1, 0.15) is 5.54 Å². The Labute approximate surface area is 145 Å². The van der Waals surface area contributed by atoms with Crippen molar-refractivity contribution < 1.29 is 14.7 Å². The van der Waals surface area contributed by atoms with Gasteiger partial charge in [0.15, 0.2) is 5.69 Å². The minimum atomic E-state index is -1.11. The quantitative estimate of drug-likeness (QED) is 0.896. The van der Waals surface area contributed by atoms with Crippen molar-refractivity contribution >= 4 is 11.9 Å². The lowest BCUT2D eigenvalue weighted by atomic mass is 9.76. The van der Waals surface area contributed by atoms with Gasteiger partial charge in [-0.05, 0) is 57.6 Å². The number of hydrogen-bond acceptors (Lipinski definition) is 3. The van der Waals surface area contributed by atoms with Gasteiger partial charge in [0.25, 0.3) is 5.91 Å². The van der Waals surface area contributed by atoms with E-state index in [1.54, 1.807) is 0 Å². The molecule has 1 aromatic carbocycles. The molecule has 6 nitrogen and oxygen atoms in total. The summed E-state index contributed by atoms with van der Waals surface area (Å²) >= 11 is 0. The fourth-order valence-corrected chi connectivity index (χ4v) is 3.72. The summed E-state index contributed by atoms with van der Waals surface area (Å²) in [6, 6.07) is 8.03. The van der Waals surface area contributed by atoms with Crippen molar-refractivity contribution in [2.75, 3.05) is 0 Å². The fourth-order valence-electron chi connectivity index (χ4n) is 3.72. The standard InChI is InChI=1S/C19H21N3O3/c1-12-6-8-13(9-7-12)22-15-5-2-4-14(15)16(21-22)17(23)20-19(18(24)25)10-3-11-19/h6-9H,2-5,10-11H2,1H3,(H,20,23)(H,24,25). The number of aliphatic carboxylic acids is 1. The second kappa shape index (κ2) is 5.72. The van der Waals surface area contributed by atoms with Gasteiger partial charge in [0, 0.05) is 11.3 Å². The molecule has 1 saturated carbocycles. The van der Waals surface area contributed by atoms with Crippen LogP contribution >= 0.6 is 0 Å². The summed E-state index contributed by atoms with van der Waals surface area (Å²) in [5.74, 6) is -1.33. The number of carboxylic acids is 1. The normalized spacial score (nSPS) is 17.6. The molecule has 2 aliphatic carbocycles. The second-order valence-corrected chi connectivity index (χ2v) is 7.07. The Morgan fingerprint density at radius 1 is 1.16 bits per heavy atom. The van der Waals surface area contributed by atoms with Crippen LogP contribution in [0.2, 0.25) is 0 Å². The molecule has 25 heavy (non-hydrogen) atoms. The number of hydrogen-bond donors (Lipinski definition) is 2. The van der Waals surface area contributed by atoms with Crippen LogP contribution in [0, 0.1) is 6.92 Å². The van der Waals surface area contributed by atoms with E-state index in [2.05, 4.69) is 10.4 Å². The third kappa shape index (κ3) is 2.52. The van der Waals surface area contributed by atoms with E-state index in [4.69, 9.17) is 0 Å². The molecule has 130 valence electrons. The number of benzene rings is 1. The zero-order valence-corrected chi connectivity index (χ0v) is 14.2. The minimum absolute atomic E-state index is 0.369. The van der Waals surface area contributed by atoms with Gasteiger partial charge in [-0.25, -0.2) is 9.48 Å². The minimum Gasteiger partial charge on any atom is -0.480 e. The SMILES string of the molecule is Cc1ccc(-n2nc(C(=O)NC3(C(=O)O)CCC3)c3c2CCC3)cc1. The van der Waals surface area contributed by atoms with Crippen LogP contribution in [0.5, 0.6) is 0 Å². The van der Waals surface area contributed by atoms with Crippen molar-refractivity contribution in [1.82, 2.24) is 15.1 Å². The molecule has 0 bridgehead atoms. The topological polar surface area (TPSA) is 84.2 Å². The van der Waals surface area contributed by atoms with Crippen molar-refractivity contribution in [3.8, 4) is 5.69 Å². The summed E-state index contributed by atoms with van der Waals surface area (Å²) in [5.41, 5.74) is 3.37. The second-order valence-electron chi connectivity index (χ2n) is 7.07. The third-order valence-electron chi connectivity index (χ3n) is 5.39. The number of amides is 1.